The third-order valence-electron chi connectivity index (χ3n) is 5.36. The van der Waals surface area contributed by atoms with Gasteiger partial charge in [0.05, 0.1) is 11.6 Å². The smallest absolute Gasteiger partial charge is 0.243 e. The maximum absolute atomic E-state index is 14.1. The maximum atomic E-state index is 14.1. The molecule has 0 spiro atoms. The van der Waals surface area contributed by atoms with Crippen LogP contribution in [0.3, 0.4) is 0 Å². The van der Waals surface area contributed by atoms with Gasteiger partial charge in [0, 0.05) is 45.3 Å². The number of hydrogen-bond acceptors (Lipinski definition) is 3. The molecular weight excluding hydrogens is 525 g/mol. The Hall–Kier alpha value is -2.97. The molecule has 1 aromatic heterocycles. The first-order valence-corrected chi connectivity index (χ1v) is 11.7. The van der Waals surface area contributed by atoms with Gasteiger partial charge >= 0.3 is 0 Å². The number of aromatic nitrogens is 1. The summed E-state index contributed by atoms with van der Waals surface area (Å²) in [5.74, 6) is -1.55. The summed E-state index contributed by atoms with van der Waals surface area (Å²) in [5.41, 5.74) is 1.41. The molecule has 0 saturated heterocycles. The molecule has 0 fully saturated rings. The van der Waals surface area contributed by atoms with Crippen molar-refractivity contribution in [3.05, 3.63) is 81.7 Å². The number of nitrogens with one attached hydrogen (secondary N) is 1. The first-order valence-electron chi connectivity index (χ1n) is 10.6. The van der Waals surface area contributed by atoms with Crippen molar-refractivity contribution >= 4 is 56.0 Å². The number of ketones is 1. The maximum Gasteiger partial charge on any atom is 0.243 e. The van der Waals surface area contributed by atoms with Crippen LogP contribution in [0.5, 0.6) is 0 Å². The lowest BCUT2D eigenvalue weighted by atomic mass is 10.1. The summed E-state index contributed by atoms with van der Waals surface area (Å²) >= 11 is 9.19. The first-order chi connectivity index (χ1) is 16.1. The van der Waals surface area contributed by atoms with Crippen LogP contribution in [0.25, 0.3) is 10.9 Å². The molecule has 3 rings (SSSR count). The number of halogens is 3. The molecule has 1 heterocycles. The molecule has 0 aliphatic carbocycles. The van der Waals surface area contributed by atoms with E-state index in [1.807, 2.05) is 18.2 Å². The average Bonchev–Trinajstić information content (AvgIpc) is 3.14. The number of nitrogens with zero attached hydrogens (tertiary/aromatic N) is 2. The Balaban J connectivity index is 1.76. The number of hydrogen-bond donors (Lipinski definition) is 1. The van der Waals surface area contributed by atoms with Crippen LogP contribution in [0, 0.1) is 5.82 Å². The fourth-order valence-electron chi connectivity index (χ4n) is 3.59. The van der Waals surface area contributed by atoms with Crippen molar-refractivity contribution < 1.29 is 18.8 Å². The van der Waals surface area contributed by atoms with Crippen LogP contribution < -0.4 is 5.32 Å². The van der Waals surface area contributed by atoms with E-state index < -0.39 is 11.7 Å². The third-order valence-corrected chi connectivity index (χ3v) is 6.15. The summed E-state index contributed by atoms with van der Waals surface area (Å²) < 4.78 is 16.6. The number of benzene rings is 2. The molecule has 1 N–H and O–H groups in total. The zero-order valence-corrected chi connectivity index (χ0v) is 21.1. The SMILES string of the molecule is C=CC(=O)c1cn(CC(=O)N(CC(=O)NCc2cccc(Cl)c2F)C(C)C)c2ccc(Br)cc12. The van der Waals surface area contributed by atoms with Gasteiger partial charge in [0.1, 0.15) is 12.4 Å². The van der Waals surface area contributed by atoms with Gasteiger partial charge in [-0.1, -0.05) is 46.2 Å². The highest BCUT2D eigenvalue weighted by molar-refractivity contribution is 9.10. The van der Waals surface area contributed by atoms with Gasteiger partial charge in [-0.2, -0.15) is 0 Å². The summed E-state index contributed by atoms with van der Waals surface area (Å²) in [7, 11) is 0. The fourth-order valence-corrected chi connectivity index (χ4v) is 4.15. The van der Waals surface area contributed by atoms with E-state index in [1.165, 1.54) is 23.1 Å². The Bertz CT molecular complexity index is 1270. The number of amides is 2. The van der Waals surface area contributed by atoms with E-state index in [0.29, 0.717) is 16.5 Å². The molecule has 0 saturated carbocycles. The molecule has 0 unspecified atom stereocenters. The number of allylic oxidation sites excluding steroid dienone is 1. The van der Waals surface area contributed by atoms with Crippen molar-refractivity contribution in [2.75, 3.05) is 6.54 Å². The average molecular weight is 549 g/mol. The van der Waals surface area contributed by atoms with Gasteiger partial charge in [-0.3, -0.25) is 14.4 Å². The Labute approximate surface area is 210 Å². The normalized spacial score (nSPS) is 11.0. The Morgan fingerprint density at radius 1 is 1.26 bits per heavy atom. The summed E-state index contributed by atoms with van der Waals surface area (Å²) in [6, 6.07) is 9.76. The highest BCUT2D eigenvalue weighted by Gasteiger charge is 2.22. The second-order valence-electron chi connectivity index (χ2n) is 8.01. The molecule has 2 amide bonds. The lowest BCUT2D eigenvalue weighted by Gasteiger charge is -2.26. The van der Waals surface area contributed by atoms with Crippen LogP contribution in [0.4, 0.5) is 4.39 Å². The zero-order valence-electron chi connectivity index (χ0n) is 18.8. The largest absolute Gasteiger partial charge is 0.350 e. The first kappa shape index (κ1) is 25.6. The molecular formula is C25H24BrClFN3O3. The molecule has 3 aromatic rings. The predicted octanol–water partition coefficient (Wildman–Crippen LogP) is 5.12. The van der Waals surface area contributed by atoms with Gasteiger partial charge < -0.3 is 14.8 Å². The molecule has 6 nitrogen and oxygen atoms in total. The Morgan fingerprint density at radius 3 is 2.68 bits per heavy atom. The van der Waals surface area contributed by atoms with Crippen LogP contribution in [-0.2, 0) is 22.7 Å². The zero-order chi connectivity index (χ0) is 25.0. The van der Waals surface area contributed by atoms with Gasteiger partial charge in [-0.25, -0.2) is 4.39 Å². The molecule has 0 aliphatic heterocycles. The lowest BCUT2D eigenvalue weighted by molar-refractivity contribution is -0.138. The molecule has 178 valence electrons. The summed E-state index contributed by atoms with van der Waals surface area (Å²) in [6.45, 7) is 6.86. The summed E-state index contributed by atoms with van der Waals surface area (Å²) in [5, 5.41) is 3.31. The molecule has 0 radical (unpaired) electrons. The molecule has 0 aliphatic rings. The van der Waals surface area contributed by atoms with E-state index in [4.69, 9.17) is 11.6 Å². The van der Waals surface area contributed by atoms with Crippen molar-refractivity contribution in [1.82, 2.24) is 14.8 Å². The van der Waals surface area contributed by atoms with Crippen molar-refractivity contribution in [3.8, 4) is 0 Å². The molecule has 2 aromatic carbocycles. The highest BCUT2D eigenvalue weighted by atomic mass is 79.9. The van der Waals surface area contributed by atoms with Crippen LogP contribution in [-0.4, -0.2) is 39.7 Å². The van der Waals surface area contributed by atoms with Crippen molar-refractivity contribution in [2.45, 2.75) is 33.0 Å². The van der Waals surface area contributed by atoms with Crippen molar-refractivity contribution in [2.24, 2.45) is 0 Å². The number of fused-ring (bicyclic) bond motifs is 1. The second-order valence-corrected chi connectivity index (χ2v) is 9.33. The van der Waals surface area contributed by atoms with Crippen molar-refractivity contribution in [1.29, 1.82) is 0 Å². The van der Waals surface area contributed by atoms with E-state index in [-0.39, 0.29) is 48.0 Å². The van der Waals surface area contributed by atoms with Gasteiger partial charge in [0.15, 0.2) is 5.78 Å². The van der Waals surface area contributed by atoms with E-state index in [2.05, 4.69) is 27.8 Å². The molecule has 0 atom stereocenters. The van der Waals surface area contributed by atoms with Crippen LogP contribution in [0.1, 0.15) is 29.8 Å². The lowest BCUT2D eigenvalue weighted by Crippen LogP contribution is -2.45. The quantitative estimate of drug-likeness (QED) is 0.298. The molecule has 0 bridgehead atoms. The minimum atomic E-state index is -0.586. The number of rotatable bonds is 9. The van der Waals surface area contributed by atoms with Gasteiger partial charge in [-0.05, 0) is 44.2 Å². The van der Waals surface area contributed by atoms with Gasteiger partial charge in [0.2, 0.25) is 11.8 Å². The topological polar surface area (TPSA) is 71.4 Å². The van der Waals surface area contributed by atoms with Crippen molar-refractivity contribution in [3.63, 3.8) is 0 Å². The van der Waals surface area contributed by atoms with Gasteiger partial charge in [0.25, 0.3) is 0 Å². The number of carbonyl (C=O) groups excluding carboxylic acids is 3. The van der Waals surface area contributed by atoms with Crippen LogP contribution in [0.15, 0.2) is 59.7 Å². The molecule has 9 heteroatoms. The third kappa shape index (κ3) is 5.74. The fraction of sp³-hybridized carbons (Fsp3) is 0.240. The predicted molar refractivity (Wildman–Crippen MR) is 134 cm³/mol. The number of carbonyl (C=O) groups is 3. The standard InChI is InChI=1S/C25H24BrClFN3O3/c1-4-22(32)19-12-30(21-9-8-17(26)10-18(19)21)14-24(34)31(15(2)3)13-23(33)29-11-16-6-5-7-20(27)25(16)28/h4-10,12,15H,1,11,13-14H2,2-3H3,(H,29,33). The van der Waals surface area contributed by atoms with E-state index >= 15 is 0 Å². The minimum absolute atomic E-state index is 0.0222. The Kier molecular flexibility index (Phi) is 8.28. The highest BCUT2D eigenvalue weighted by Crippen LogP contribution is 2.26. The monoisotopic (exact) mass is 547 g/mol. The molecule has 34 heavy (non-hydrogen) atoms. The second kappa shape index (κ2) is 11.0. The summed E-state index contributed by atoms with van der Waals surface area (Å²) in [4.78, 5) is 39.5. The van der Waals surface area contributed by atoms with E-state index in [9.17, 15) is 18.8 Å². The van der Waals surface area contributed by atoms with E-state index in [1.54, 1.807) is 30.7 Å². The van der Waals surface area contributed by atoms with Crippen LogP contribution in [0.2, 0.25) is 5.02 Å². The summed E-state index contributed by atoms with van der Waals surface area (Å²) in [6.07, 6.45) is 2.86. The van der Waals surface area contributed by atoms with Crippen LogP contribution >= 0.6 is 27.5 Å². The Morgan fingerprint density at radius 2 is 2.00 bits per heavy atom. The minimum Gasteiger partial charge on any atom is -0.350 e. The van der Waals surface area contributed by atoms with E-state index in [0.717, 1.165) is 4.47 Å². The van der Waals surface area contributed by atoms with Gasteiger partial charge in [-0.15, -0.1) is 0 Å².